The van der Waals surface area contributed by atoms with Crippen LogP contribution in [-0.4, -0.2) is 16.8 Å². The number of benzene rings is 2. The molecule has 2 aromatic carbocycles. The van der Waals surface area contributed by atoms with Gasteiger partial charge < -0.3 is 20.1 Å². The molecule has 2 N–H and O–H groups in total. The minimum absolute atomic E-state index is 0.282. The molecule has 1 aliphatic heterocycles. The molecule has 0 spiro atoms. The number of nitrogens with zero attached hydrogens (tertiary/aromatic N) is 2. The summed E-state index contributed by atoms with van der Waals surface area (Å²) in [6, 6.07) is 14.0. The van der Waals surface area contributed by atoms with Crippen molar-refractivity contribution in [2.24, 2.45) is 0 Å². The predicted octanol–water partition coefficient (Wildman–Crippen LogP) is 4.49. The second-order valence-electron chi connectivity index (χ2n) is 6.60. The number of hydrogen-bond donors (Lipinski definition) is 2. The summed E-state index contributed by atoms with van der Waals surface area (Å²) in [5.74, 6) is 3.82. The van der Waals surface area contributed by atoms with Crippen molar-refractivity contribution in [3.63, 3.8) is 0 Å². The highest BCUT2D eigenvalue weighted by atomic mass is 16.7. The maximum absolute atomic E-state index is 5.43. The van der Waals surface area contributed by atoms with Gasteiger partial charge in [0.05, 0.1) is 0 Å². The van der Waals surface area contributed by atoms with Gasteiger partial charge in [0.1, 0.15) is 17.5 Å². The lowest BCUT2D eigenvalue weighted by atomic mass is 10.1. The van der Waals surface area contributed by atoms with Crippen LogP contribution >= 0.6 is 0 Å². The molecular formula is C21H22N4O2. The van der Waals surface area contributed by atoms with Crippen LogP contribution in [0.4, 0.5) is 17.3 Å². The van der Waals surface area contributed by atoms with E-state index >= 15 is 0 Å². The zero-order chi connectivity index (χ0) is 18.8. The first-order valence-electron chi connectivity index (χ1n) is 8.90. The first kappa shape index (κ1) is 17.1. The smallest absolute Gasteiger partial charge is 0.231 e. The first-order chi connectivity index (χ1) is 13.1. The second-order valence-corrected chi connectivity index (χ2v) is 6.60. The maximum atomic E-state index is 5.43. The van der Waals surface area contributed by atoms with Gasteiger partial charge in [-0.3, -0.25) is 0 Å². The summed E-state index contributed by atoms with van der Waals surface area (Å²) in [5.41, 5.74) is 4.60. The molecule has 0 amide bonds. The third-order valence-electron chi connectivity index (χ3n) is 4.62. The van der Waals surface area contributed by atoms with E-state index in [1.807, 2.05) is 37.3 Å². The van der Waals surface area contributed by atoms with E-state index in [0.717, 1.165) is 34.4 Å². The normalized spacial score (nSPS) is 12.1. The van der Waals surface area contributed by atoms with Crippen LogP contribution in [-0.2, 0) is 6.54 Å². The third kappa shape index (κ3) is 3.79. The van der Waals surface area contributed by atoms with Crippen molar-refractivity contribution < 1.29 is 9.47 Å². The SMILES string of the molecule is Cc1nc(NCc2ccc3c(c2)OCO3)cc(Nc2cccc(C)c2C)n1. The van der Waals surface area contributed by atoms with E-state index in [0.29, 0.717) is 12.4 Å². The number of aromatic nitrogens is 2. The van der Waals surface area contributed by atoms with Crippen LogP contribution in [0.25, 0.3) is 0 Å². The van der Waals surface area contributed by atoms with Gasteiger partial charge in [-0.15, -0.1) is 0 Å². The summed E-state index contributed by atoms with van der Waals surface area (Å²) in [6.45, 7) is 7.01. The number of ether oxygens (including phenoxy) is 2. The monoisotopic (exact) mass is 362 g/mol. The van der Waals surface area contributed by atoms with Crippen molar-refractivity contribution >= 4 is 17.3 Å². The fourth-order valence-corrected chi connectivity index (χ4v) is 2.99. The van der Waals surface area contributed by atoms with E-state index in [9.17, 15) is 0 Å². The summed E-state index contributed by atoms with van der Waals surface area (Å²) in [4.78, 5) is 8.99. The van der Waals surface area contributed by atoms with Crippen LogP contribution in [0, 0.1) is 20.8 Å². The zero-order valence-electron chi connectivity index (χ0n) is 15.7. The fourth-order valence-electron chi connectivity index (χ4n) is 2.99. The van der Waals surface area contributed by atoms with Crippen LogP contribution in [0.2, 0.25) is 0 Å². The van der Waals surface area contributed by atoms with E-state index < -0.39 is 0 Å². The molecule has 27 heavy (non-hydrogen) atoms. The summed E-state index contributed by atoms with van der Waals surface area (Å²) >= 11 is 0. The van der Waals surface area contributed by atoms with Crippen molar-refractivity contribution in [2.75, 3.05) is 17.4 Å². The molecular weight excluding hydrogens is 340 g/mol. The van der Waals surface area contributed by atoms with Crippen molar-refractivity contribution in [3.8, 4) is 11.5 Å². The van der Waals surface area contributed by atoms with Gasteiger partial charge in [-0.1, -0.05) is 18.2 Å². The fraction of sp³-hybridized carbons (Fsp3) is 0.238. The molecule has 4 rings (SSSR count). The molecule has 0 aliphatic carbocycles. The molecule has 138 valence electrons. The molecule has 0 unspecified atom stereocenters. The minimum atomic E-state index is 0.282. The predicted molar refractivity (Wildman–Crippen MR) is 106 cm³/mol. The Morgan fingerprint density at radius 2 is 1.74 bits per heavy atom. The molecule has 6 heteroatoms. The van der Waals surface area contributed by atoms with Crippen LogP contribution in [0.15, 0.2) is 42.5 Å². The maximum Gasteiger partial charge on any atom is 0.231 e. The molecule has 0 saturated heterocycles. The van der Waals surface area contributed by atoms with Crippen molar-refractivity contribution in [1.82, 2.24) is 9.97 Å². The van der Waals surface area contributed by atoms with E-state index in [1.54, 1.807) is 0 Å². The molecule has 0 atom stereocenters. The Hall–Kier alpha value is -3.28. The number of aryl methyl sites for hydroxylation is 2. The average Bonchev–Trinajstić information content (AvgIpc) is 3.11. The minimum Gasteiger partial charge on any atom is -0.454 e. The van der Waals surface area contributed by atoms with Gasteiger partial charge in [-0.05, 0) is 55.7 Å². The molecule has 0 bridgehead atoms. The number of rotatable bonds is 5. The summed E-state index contributed by atoms with van der Waals surface area (Å²) in [6.07, 6.45) is 0. The van der Waals surface area contributed by atoms with Crippen LogP contribution in [0.1, 0.15) is 22.5 Å². The Kier molecular flexibility index (Phi) is 4.54. The van der Waals surface area contributed by atoms with Gasteiger partial charge in [0, 0.05) is 18.3 Å². The van der Waals surface area contributed by atoms with Gasteiger partial charge in [-0.2, -0.15) is 0 Å². The second kappa shape index (κ2) is 7.15. The van der Waals surface area contributed by atoms with Crippen molar-refractivity contribution in [1.29, 1.82) is 0 Å². The van der Waals surface area contributed by atoms with Crippen LogP contribution in [0.3, 0.4) is 0 Å². The largest absolute Gasteiger partial charge is 0.454 e. The average molecular weight is 362 g/mol. The Bertz CT molecular complexity index is 988. The molecule has 0 radical (unpaired) electrons. The quantitative estimate of drug-likeness (QED) is 0.697. The van der Waals surface area contributed by atoms with Crippen LogP contribution in [0.5, 0.6) is 11.5 Å². The molecule has 0 fully saturated rings. The van der Waals surface area contributed by atoms with E-state index in [4.69, 9.17) is 9.47 Å². The molecule has 6 nitrogen and oxygen atoms in total. The lowest BCUT2D eigenvalue weighted by molar-refractivity contribution is 0.174. The standard InChI is InChI=1S/C21H22N4O2/c1-13-5-4-6-17(14(13)2)25-21-10-20(23-15(3)24-21)22-11-16-7-8-18-19(9-16)27-12-26-18/h4-10H,11-12H2,1-3H3,(H2,22,23,24,25). The molecule has 0 saturated carbocycles. The first-order valence-corrected chi connectivity index (χ1v) is 8.90. The summed E-state index contributed by atoms with van der Waals surface area (Å²) in [5, 5.41) is 6.76. The van der Waals surface area contributed by atoms with Gasteiger partial charge in [0.25, 0.3) is 0 Å². The lowest BCUT2D eigenvalue weighted by Gasteiger charge is -2.13. The lowest BCUT2D eigenvalue weighted by Crippen LogP contribution is -2.05. The third-order valence-corrected chi connectivity index (χ3v) is 4.62. The van der Waals surface area contributed by atoms with Crippen molar-refractivity contribution in [2.45, 2.75) is 27.3 Å². The van der Waals surface area contributed by atoms with Gasteiger partial charge in [0.2, 0.25) is 6.79 Å². The van der Waals surface area contributed by atoms with Gasteiger partial charge >= 0.3 is 0 Å². The summed E-state index contributed by atoms with van der Waals surface area (Å²) in [7, 11) is 0. The number of fused-ring (bicyclic) bond motifs is 1. The highest BCUT2D eigenvalue weighted by Crippen LogP contribution is 2.32. The van der Waals surface area contributed by atoms with E-state index in [-0.39, 0.29) is 6.79 Å². The Balaban J connectivity index is 1.49. The van der Waals surface area contributed by atoms with Gasteiger partial charge in [0.15, 0.2) is 11.5 Å². The Labute approximate surface area is 158 Å². The van der Waals surface area contributed by atoms with Gasteiger partial charge in [-0.25, -0.2) is 9.97 Å². The summed E-state index contributed by atoms with van der Waals surface area (Å²) < 4.78 is 10.8. The highest BCUT2D eigenvalue weighted by molar-refractivity contribution is 5.63. The Morgan fingerprint density at radius 3 is 2.63 bits per heavy atom. The zero-order valence-corrected chi connectivity index (χ0v) is 15.7. The number of anilines is 3. The highest BCUT2D eigenvalue weighted by Gasteiger charge is 2.13. The number of hydrogen-bond acceptors (Lipinski definition) is 6. The van der Waals surface area contributed by atoms with E-state index in [2.05, 4.69) is 46.6 Å². The molecule has 2 heterocycles. The topological polar surface area (TPSA) is 68.3 Å². The molecule has 1 aromatic heterocycles. The molecule has 3 aromatic rings. The van der Waals surface area contributed by atoms with Crippen LogP contribution < -0.4 is 20.1 Å². The number of nitrogens with one attached hydrogen (secondary N) is 2. The Morgan fingerprint density at radius 1 is 0.926 bits per heavy atom. The van der Waals surface area contributed by atoms with Crippen molar-refractivity contribution in [3.05, 3.63) is 65.0 Å². The van der Waals surface area contributed by atoms with E-state index in [1.165, 1.54) is 11.1 Å². The molecule has 1 aliphatic rings.